The van der Waals surface area contributed by atoms with E-state index in [4.69, 9.17) is 10.5 Å². The molecule has 0 aliphatic heterocycles. The van der Waals surface area contributed by atoms with Gasteiger partial charge in [-0.3, -0.25) is 4.79 Å². The van der Waals surface area contributed by atoms with Gasteiger partial charge < -0.3 is 15.8 Å². The van der Waals surface area contributed by atoms with Gasteiger partial charge in [0, 0.05) is 19.4 Å². The summed E-state index contributed by atoms with van der Waals surface area (Å²) >= 11 is 0. The summed E-state index contributed by atoms with van der Waals surface area (Å²) in [6.45, 7) is 2.24. The van der Waals surface area contributed by atoms with Crippen LogP contribution in [0, 0.1) is 6.92 Å². The van der Waals surface area contributed by atoms with Gasteiger partial charge in [0.1, 0.15) is 0 Å². The Labute approximate surface area is 122 Å². The largest absolute Gasteiger partial charge is 0.385 e. The van der Waals surface area contributed by atoms with Crippen LogP contribution < -0.4 is 11.1 Å². The van der Waals surface area contributed by atoms with E-state index in [1.807, 2.05) is 12.1 Å². The van der Waals surface area contributed by atoms with E-state index in [2.05, 4.69) is 20.8 Å². The van der Waals surface area contributed by atoms with Crippen LogP contribution in [0.4, 0.5) is 5.69 Å². The lowest BCUT2D eigenvalue weighted by atomic mass is 10.2. The van der Waals surface area contributed by atoms with Crippen LogP contribution in [0.3, 0.4) is 0 Å². The number of carbonyl (C=O) groups is 1. The van der Waals surface area contributed by atoms with E-state index in [0.29, 0.717) is 24.5 Å². The summed E-state index contributed by atoms with van der Waals surface area (Å²) in [4.78, 5) is 11.9. The number of anilines is 1. The van der Waals surface area contributed by atoms with E-state index in [-0.39, 0.29) is 5.91 Å². The topological polar surface area (TPSA) is 108 Å². The van der Waals surface area contributed by atoms with Crippen molar-refractivity contribution >= 4 is 11.6 Å². The van der Waals surface area contributed by atoms with Gasteiger partial charge >= 0.3 is 0 Å². The van der Waals surface area contributed by atoms with Gasteiger partial charge in [-0.05, 0) is 42.0 Å². The van der Waals surface area contributed by atoms with Crippen LogP contribution in [0.5, 0.6) is 0 Å². The summed E-state index contributed by atoms with van der Waals surface area (Å²) in [6.07, 6.45) is 0.466. The first-order valence-electron chi connectivity index (χ1n) is 6.52. The van der Waals surface area contributed by atoms with Gasteiger partial charge in [0.05, 0.1) is 11.7 Å². The minimum absolute atomic E-state index is 0.252. The molecule has 112 valence electrons. The summed E-state index contributed by atoms with van der Waals surface area (Å²) in [5.74, 6) is 0.410. The maximum atomic E-state index is 11.9. The number of hydrogen-bond donors (Lipinski definition) is 2. The Hall–Kier alpha value is -2.32. The maximum Gasteiger partial charge on any atom is 0.241 e. The molecule has 2 aromatic rings. The van der Waals surface area contributed by atoms with Crippen molar-refractivity contribution in [1.29, 1.82) is 0 Å². The van der Waals surface area contributed by atoms with Crippen molar-refractivity contribution in [2.24, 2.45) is 5.73 Å². The van der Waals surface area contributed by atoms with Gasteiger partial charge in [0.25, 0.3) is 0 Å². The molecule has 1 heterocycles. The van der Waals surface area contributed by atoms with Crippen molar-refractivity contribution in [3.63, 3.8) is 0 Å². The van der Waals surface area contributed by atoms with E-state index in [1.165, 1.54) is 0 Å². The summed E-state index contributed by atoms with van der Waals surface area (Å²) < 4.78 is 6.49. The fourth-order valence-corrected chi connectivity index (χ4v) is 1.80. The quantitative estimate of drug-likeness (QED) is 0.790. The second-order valence-electron chi connectivity index (χ2n) is 4.57. The molecule has 0 bridgehead atoms. The number of amides is 1. The normalized spacial score (nSPS) is 12.1. The van der Waals surface area contributed by atoms with E-state index in [0.717, 1.165) is 5.69 Å². The zero-order chi connectivity index (χ0) is 15.2. The van der Waals surface area contributed by atoms with E-state index >= 15 is 0 Å². The standard InChI is InChI=1S/C13H18N6O2/c1-9-16-17-18-19(9)11-5-3-4-10(8-11)15-13(20)12(14)6-7-21-2/h3-5,8,12H,6-7,14H2,1-2H3,(H,15,20). The highest BCUT2D eigenvalue weighted by atomic mass is 16.5. The number of aromatic nitrogens is 4. The number of benzene rings is 1. The number of ether oxygens (including phenoxy) is 1. The molecule has 2 rings (SSSR count). The predicted octanol–water partition coefficient (Wildman–Crippen LogP) is 0.273. The lowest BCUT2D eigenvalue weighted by molar-refractivity contribution is -0.117. The number of aryl methyl sites for hydroxylation is 1. The fraction of sp³-hybridized carbons (Fsp3) is 0.385. The number of rotatable bonds is 6. The molecule has 0 saturated heterocycles. The number of methoxy groups -OCH3 is 1. The summed E-state index contributed by atoms with van der Waals surface area (Å²) in [7, 11) is 1.57. The first kappa shape index (κ1) is 15.1. The summed E-state index contributed by atoms with van der Waals surface area (Å²) in [6, 6.07) is 6.62. The minimum Gasteiger partial charge on any atom is -0.385 e. The minimum atomic E-state index is -0.608. The SMILES string of the molecule is COCCC(N)C(=O)Nc1cccc(-n2nnnc2C)c1. The Morgan fingerprint density at radius 3 is 3.00 bits per heavy atom. The lowest BCUT2D eigenvalue weighted by Crippen LogP contribution is -2.36. The van der Waals surface area contributed by atoms with Gasteiger partial charge in [0.2, 0.25) is 5.91 Å². The molecule has 0 aliphatic rings. The molecule has 0 radical (unpaired) electrons. The van der Waals surface area contributed by atoms with Gasteiger partial charge in [-0.15, -0.1) is 5.10 Å². The molecule has 1 unspecified atom stereocenters. The van der Waals surface area contributed by atoms with Crippen LogP contribution in [0.25, 0.3) is 5.69 Å². The van der Waals surface area contributed by atoms with Crippen molar-refractivity contribution < 1.29 is 9.53 Å². The molecule has 21 heavy (non-hydrogen) atoms. The number of carbonyl (C=O) groups excluding carboxylic acids is 1. The van der Waals surface area contributed by atoms with Crippen LogP contribution >= 0.6 is 0 Å². The van der Waals surface area contributed by atoms with Crippen molar-refractivity contribution in [1.82, 2.24) is 20.2 Å². The molecule has 1 atom stereocenters. The van der Waals surface area contributed by atoms with Crippen LogP contribution in [0.15, 0.2) is 24.3 Å². The molecular formula is C13H18N6O2. The number of nitrogens with two attached hydrogens (primary N) is 1. The highest BCUT2D eigenvalue weighted by molar-refractivity contribution is 5.94. The third-order valence-electron chi connectivity index (χ3n) is 2.95. The highest BCUT2D eigenvalue weighted by Gasteiger charge is 2.13. The molecule has 8 nitrogen and oxygen atoms in total. The van der Waals surface area contributed by atoms with Crippen LogP contribution in [0.2, 0.25) is 0 Å². The average Bonchev–Trinajstić information content (AvgIpc) is 2.91. The molecule has 0 fully saturated rings. The molecular weight excluding hydrogens is 272 g/mol. The Kier molecular flexibility index (Phi) is 4.96. The second-order valence-corrected chi connectivity index (χ2v) is 4.57. The molecule has 0 saturated carbocycles. The fourth-order valence-electron chi connectivity index (χ4n) is 1.80. The van der Waals surface area contributed by atoms with Crippen LogP contribution in [-0.4, -0.2) is 45.9 Å². The Morgan fingerprint density at radius 2 is 2.33 bits per heavy atom. The molecule has 0 spiro atoms. The first-order chi connectivity index (χ1) is 10.1. The molecule has 1 aromatic carbocycles. The first-order valence-corrected chi connectivity index (χ1v) is 6.52. The average molecular weight is 290 g/mol. The maximum absolute atomic E-state index is 11.9. The van der Waals surface area contributed by atoms with E-state index < -0.39 is 6.04 Å². The third-order valence-corrected chi connectivity index (χ3v) is 2.95. The van der Waals surface area contributed by atoms with Crippen LogP contribution in [0.1, 0.15) is 12.2 Å². The Bertz CT molecular complexity index is 612. The van der Waals surface area contributed by atoms with Gasteiger partial charge in [-0.2, -0.15) is 4.68 Å². The number of nitrogens with one attached hydrogen (secondary N) is 1. The highest BCUT2D eigenvalue weighted by Crippen LogP contribution is 2.14. The Balaban J connectivity index is 2.08. The second kappa shape index (κ2) is 6.91. The zero-order valence-corrected chi connectivity index (χ0v) is 12.0. The molecule has 0 aliphatic carbocycles. The smallest absolute Gasteiger partial charge is 0.241 e. The zero-order valence-electron chi connectivity index (χ0n) is 12.0. The van der Waals surface area contributed by atoms with Gasteiger partial charge in [-0.1, -0.05) is 6.07 Å². The number of tetrazole rings is 1. The Morgan fingerprint density at radius 1 is 1.52 bits per heavy atom. The summed E-state index contributed by atoms with van der Waals surface area (Å²) in [5, 5.41) is 14.1. The van der Waals surface area contributed by atoms with Crippen LogP contribution in [-0.2, 0) is 9.53 Å². The van der Waals surface area contributed by atoms with Crippen molar-refractivity contribution in [2.75, 3.05) is 19.0 Å². The summed E-state index contributed by atoms with van der Waals surface area (Å²) in [5.41, 5.74) is 7.18. The van der Waals surface area contributed by atoms with Gasteiger partial charge in [-0.25, -0.2) is 0 Å². The molecule has 8 heteroatoms. The van der Waals surface area contributed by atoms with Crippen molar-refractivity contribution in [3.8, 4) is 5.69 Å². The molecule has 1 aromatic heterocycles. The molecule has 1 amide bonds. The van der Waals surface area contributed by atoms with Crippen molar-refractivity contribution in [2.45, 2.75) is 19.4 Å². The monoisotopic (exact) mass is 290 g/mol. The van der Waals surface area contributed by atoms with E-state index in [1.54, 1.807) is 30.8 Å². The third kappa shape index (κ3) is 3.83. The number of hydrogen-bond acceptors (Lipinski definition) is 6. The van der Waals surface area contributed by atoms with Crippen molar-refractivity contribution in [3.05, 3.63) is 30.1 Å². The lowest BCUT2D eigenvalue weighted by Gasteiger charge is -2.12. The predicted molar refractivity (Wildman–Crippen MR) is 77.0 cm³/mol. The van der Waals surface area contributed by atoms with E-state index in [9.17, 15) is 4.79 Å². The molecule has 3 N–H and O–H groups in total. The number of nitrogens with zero attached hydrogens (tertiary/aromatic N) is 4. The van der Waals surface area contributed by atoms with Gasteiger partial charge in [0.15, 0.2) is 5.82 Å².